The predicted molar refractivity (Wildman–Crippen MR) is 39.4 cm³/mol. The summed E-state index contributed by atoms with van der Waals surface area (Å²) in [6, 6.07) is 1.16. The molecule has 0 aromatic carbocycles. The summed E-state index contributed by atoms with van der Waals surface area (Å²) in [6.07, 6.45) is 1.62. The molecule has 0 aliphatic heterocycles. The smallest absolute Gasteiger partial charge is 0.226 e. The molecule has 0 saturated carbocycles. The lowest BCUT2D eigenvalue weighted by atomic mass is 10.3. The maximum atomic E-state index is 10.8. The Kier molecular flexibility index (Phi) is 2.28. The van der Waals surface area contributed by atoms with E-state index in [1.165, 1.54) is 6.26 Å². The number of aromatic hydroxyl groups is 1. The summed E-state index contributed by atoms with van der Waals surface area (Å²) in [5.74, 6) is -0.0852. The van der Waals surface area contributed by atoms with E-state index < -0.39 is 5.43 Å². The summed E-state index contributed by atoms with van der Waals surface area (Å²) in [5, 5.41) is 9.07. The number of hydrogen-bond donors (Lipinski definition) is 2. The van der Waals surface area contributed by atoms with Gasteiger partial charge in [-0.2, -0.15) is 0 Å². The van der Waals surface area contributed by atoms with Crippen molar-refractivity contribution < 1.29 is 9.52 Å². The molecule has 0 atom stereocenters. The molecule has 0 unspecified atom stereocenters. The SMILES string of the molecule is NCCc1occc(=O)c1O. The van der Waals surface area contributed by atoms with Crippen LogP contribution in [0.5, 0.6) is 5.75 Å². The van der Waals surface area contributed by atoms with Gasteiger partial charge in [0.15, 0.2) is 5.76 Å². The summed E-state index contributed by atoms with van der Waals surface area (Å²) in [5.41, 5.74) is 4.78. The first kappa shape index (κ1) is 7.81. The first-order chi connectivity index (χ1) is 5.25. The van der Waals surface area contributed by atoms with E-state index in [9.17, 15) is 4.79 Å². The summed E-state index contributed by atoms with van der Waals surface area (Å²) in [7, 11) is 0. The highest BCUT2D eigenvalue weighted by Gasteiger charge is 2.04. The van der Waals surface area contributed by atoms with E-state index in [0.29, 0.717) is 13.0 Å². The fourth-order valence-electron chi connectivity index (χ4n) is 0.759. The zero-order valence-corrected chi connectivity index (χ0v) is 5.91. The first-order valence-electron chi connectivity index (χ1n) is 3.25. The topological polar surface area (TPSA) is 76.5 Å². The van der Waals surface area contributed by atoms with Crippen LogP contribution in [0.25, 0.3) is 0 Å². The zero-order chi connectivity index (χ0) is 8.27. The second-order valence-electron chi connectivity index (χ2n) is 2.10. The van der Waals surface area contributed by atoms with E-state index in [1.54, 1.807) is 0 Å². The van der Waals surface area contributed by atoms with Gasteiger partial charge < -0.3 is 15.3 Å². The molecule has 3 N–H and O–H groups in total. The monoisotopic (exact) mass is 155 g/mol. The van der Waals surface area contributed by atoms with Crippen molar-refractivity contribution in [2.24, 2.45) is 5.73 Å². The Balaban J connectivity index is 3.06. The van der Waals surface area contributed by atoms with E-state index in [1.807, 2.05) is 0 Å². The van der Waals surface area contributed by atoms with Gasteiger partial charge in [-0.15, -0.1) is 0 Å². The first-order valence-corrected chi connectivity index (χ1v) is 3.25. The summed E-state index contributed by atoms with van der Waals surface area (Å²) in [4.78, 5) is 10.8. The van der Waals surface area contributed by atoms with Crippen LogP contribution in [0.3, 0.4) is 0 Å². The standard InChI is InChI=1S/C7H9NO3/c8-3-1-6-7(10)5(9)2-4-11-6/h2,4,10H,1,3,8H2. The van der Waals surface area contributed by atoms with Crippen LogP contribution in [0.1, 0.15) is 5.76 Å². The van der Waals surface area contributed by atoms with Gasteiger partial charge in [-0.3, -0.25) is 4.79 Å². The minimum Gasteiger partial charge on any atom is -0.502 e. The second-order valence-corrected chi connectivity index (χ2v) is 2.10. The van der Waals surface area contributed by atoms with Crippen molar-refractivity contribution in [3.8, 4) is 5.75 Å². The molecule has 0 fully saturated rings. The van der Waals surface area contributed by atoms with Crippen LogP contribution in [0.4, 0.5) is 0 Å². The molecule has 60 valence electrons. The number of nitrogens with two attached hydrogens (primary N) is 1. The van der Waals surface area contributed by atoms with Gasteiger partial charge in [0.2, 0.25) is 11.2 Å². The van der Waals surface area contributed by atoms with Crippen LogP contribution in [-0.2, 0) is 6.42 Å². The van der Waals surface area contributed by atoms with Crippen LogP contribution in [-0.4, -0.2) is 11.7 Å². The molecule has 1 heterocycles. The van der Waals surface area contributed by atoms with Crippen molar-refractivity contribution in [1.82, 2.24) is 0 Å². The molecule has 0 amide bonds. The molecule has 0 saturated heterocycles. The van der Waals surface area contributed by atoms with Crippen LogP contribution >= 0.6 is 0 Å². The Hall–Kier alpha value is -1.29. The highest BCUT2D eigenvalue weighted by atomic mass is 16.4. The van der Waals surface area contributed by atoms with Crippen molar-refractivity contribution >= 4 is 0 Å². The largest absolute Gasteiger partial charge is 0.502 e. The van der Waals surface area contributed by atoms with Crippen molar-refractivity contribution in [2.75, 3.05) is 6.54 Å². The quantitative estimate of drug-likeness (QED) is 0.622. The predicted octanol–water partition coefficient (Wildman–Crippen LogP) is -0.153. The van der Waals surface area contributed by atoms with Gasteiger partial charge in [-0.25, -0.2) is 0 Å². The van der Waals surface area contributed by atoms with E-state index in [4.69, 9.17) is 15.3 Å². The van der Waals surface area contributed by atoms with Gasteiger partial charge in [-0.1, -0.05) is 0 Å². The third-order valence-electron chi connectivity index (χ3n) is 1.30. The fraction of sp³-hybridized carbons (Fsp3) is 0.286. The second kappa shape index (κ2) is 3.21. The molecule has 1 rings (SSSR count). The van der Waals surface area contributed by atoms with E-state index in [-0.39, 0.29) is 11.5 Å². The normalized spacial score (nSPS) is 9.91. The lowest BCUT2D eigenvalue weighted by Crippen LogP contribution is -2.06. The van der Waals surface area contributed by atoms with Crippen molar-refractivity contribution in [2.45, 2.75) is 6.42 Å². The highest BCUT2D eigenvalue weighted by Crippen LogP contribution is 2.09. The molecule has 11 heavy (non-hydrogen) atoms. The lowest BCUT2D eigenvalue weighted by molar-refractivity contribution is 0.400. The van der Waals surface area contributed by atoms with Gasteiger partial charge in [0.05, 0.1) is 6.26 Å². The molecular weight excluding hydrogens is 146 g/mol. The van der Waals surface area contributed by atoms with Crippen molar-refractivity contribution in [3.05, 3.63) is 28.3 Å². The average molecular weight is 155 g/mol. The molecule has 4 nitrogen and oxygen atoms in total. The fourth-order valence-corrected chi connectivity index (χ4v) is 0.759. The summed E-state index contributed by atoms with van der Waals surface area (Å²) < 4.78 is 4.85. The lowest BCUT2D eigenvalue weighted by Gasteiger charge is -1.97. The molecular formula is C7H9NO3. The van der Waals surface area contributed by atoms with Gasteiger partial charge in [-0.05, 0) is 6.54 Å². The highest BCUT2D eigenvalue weighted by molar-refractivity contribution is 5.22. The molecule has 0 aliphatic carbocycles. The maximum absolute atomic E-state index is 10.8. The third-order valence-corrected chi connectivity index (χ3v) is 1.30. The van der Waals surface area contributed by atoms with E-state index >= 15 is 0 Å². The van der Waals surface area contributed by atoms with Crippen molar-refractivity contribution in [3.63, 3.8) is 0 Å². The molecule has 0 spiro atoms. The molecule has 0 radical (unpaired) electrons. The molecule has 1 aromatic rings. The molecule has 4 heteroatoms. The third kappa shape index (κ3) is 1.59. The Bertz CT molecular complexity index is 292. The van der Waals surface area contributed by atoms with Crippen LogP contribution in [0.2, 0.25) is 0 Å². The van der Waals surface area contributed by atoms with Gasteiger partial charge in [0.1, 0.15) is 0 Å². The minimum atomic E-state index is -0.431. The molecule has 0 bridgehead atoms. The van der Waals surface area contributed by atoms with Crippen molar-refractivity contribution in [1.29, 1.82) is 0 Å². The minimum absolute atomic E-state index is 0.250. The average Bonchev–Trinajstić information content (AvgIpc) is 1.99. The zero-order valence-electron chi connectivity index (χ0n) is 5.91. The van der Waals surface area contributed by atoms with Crippen LogP contribution < -0.4 is 11.2 Å². The van der Waals surface area contributed by atoms with E-state index in [0.717, 1.165) is 6.07 Å². The number of rotatable bonds is 2. The van der Waals surface area contributed by atoms with Gasteiger partial charge in [0.25, 0.3) is 0 Å². The van der Waals surface area contributed by atoms with Gasteiger partial charge >= 0.3 is 0 Å². The van der Waals surface area contributed by atoms with E-state index in [2.05, 4.69) is 0 Å². The number of hydrogen-bond acceptors (Lipinski definition) is 4. The Morgan fingerprint density at radius 1 is 1.64 bits per heavy atom. The van der Waals surface area contributed by atoms with Crippen LogP contribution in [0.15, 0.2) is 21.5 Å². The Labute approximate surface area is 63.3 Å². The Morgan fingerprint density at radius 2 is 2.36 bits per heavy atom. The summed E-state index contributed by atoms with van der Waals surface area (Å²) in [6.45, 7) is 0.348. The van der Waals surface area contributed by atoms with Gasteiger partial charge in [0, 0.05) is 12.5 Å². The van der Waals surface area contributed by atoms with Crippen LogP contribution in [0, 0.1) is 0 Å². The maximum Gasteiger partial charge on any atom is 0.226 e. The molecule has 1 aromatic heterocycles. The molecule has 0 aliphatic rings. The summed E-state index contributed by atoms with van der Waals surface area (Å²) >= 11 is 0. The Morgan fingerprint density at radius 3 is 3.00 bits per heavy atom.